The maximum atomic E-state index is 6.27. The highest BCUT2D eigenvalue weighted by Gasteiger charge is 2.30. The molecule has 170 valence electrons. The number of hydrogen-bond acceptors (Lipinski definition) is 8. The highest BCUT2D eigenvalue weighted by Crippen LogP contribution is 2.34. The van der Waals surface area contributed by atoms with E-state index in [-0.39, 0.29) is 0 Å². The molecule has 0 spiro atoms. The van der Waals surface area contributed by atoms with Gasteiger partial charge in [0.15, 0.2) is 5.82 Å². The van der Waals surface area contributed by atoms with Gasteiger partial charge in [-0.3, -0.25) is 14.8 Å². The Bertz CT molecular complexity index is 1050. The van der Waals surface area contributed by atoms with Crippen LogP contribution >= 0.6 is 22.9 Å². The fourth-order valence-electron chi connectivity index (χ4n) is 4.81. The summed E-state index contributed by atoms with van der Waals surface area (Å²) in [5.74, 6) is 0.946. The molecule has 2 atom stereocenters. The standard InChI is InChI=1S/C23H29ClN6OS/c1-16-12-28(13-17(2)30(16)14-18-5-3-4-6-25-18)15-19-11-20-21(32-19)22(27-23(24)26-20)29-7-9-31-10-8-29/h3-6,11,16-17H,7-10,12-15H2,1-2H3. The van der Waals surface area contributed by atoms with E-state index in [1.807, 2.05) is 12.3 Å². The molecule has 0 aromatic carbocycles. The molecule has 32 heavy (non-hydrogen) atoms. The first-order valence-corrected chi connectivity index (χ1v) is 12.4. The number of piperazine rings is 1. The first kappa shape index (κ1) is 22.0. The second-order valence-corrected chi connectivity index (χ2v) is 10.2. The van der Waals surface area contributed by atoms with Crippen LogP contribution in [0.5, 0.6) is 0 Å². The zero-order valence-corrected chi connectivity index (χ0v) is 20.1. The average Bonchev–Trinajstić information content (AvgIpc) is 3.19. The van der Waals surface area contributed by atoms with Crippen LogP contribution in [0.3, 0.4) is 0 Å². The van der Waals surface area contributed by atoms with Crippen molar-refractivity contribution in [2.45, 2.75) is 39.0 Å². The number of hydrogen-bond donors (Lipinski definition) is 0. The summed E-state index contributed by atoms with van der Waals surface area (Å²) in [4.78, 5) is 22.3. The van der Waals surface area contributed by atoms with E-state index in [0.717, 1.165) is 74.2 Å². The number of fused-ring (bicyclic) bond motifs is 1. The summed E-state index contributed by atoms with van der Waals surface area (Å²) in [6.45, 7) is 11.6. The average molecular weight is 473 g/mol. The molecule has 0 bridgehead atoms. The lowest BCUT2D eigenvalue weighted by Gasteiger charge is -2.44. The van der Waals surface area contributed by atoms with Crippen molar-refractivity contribution in [1.29, 1.82) is 0 Å². The van der Waals surface area contributed by atoms with E-state index in [1.165, 1.54) is 4.88 Å². The van der Waals surface area contributed by atoms with E-state index >= 15 is 0 Å². The van der Waals surface area contributed by atoms with Crippen molar-refractivity contribution >= 4 is 39.0 Å². The fraction of sp³-hybridized carbons (Fsp3) is 0.522. The maximum Gasteiger partial charge on any atom is 0.224 e. The van der Waals surface area contributed by atoms with E-state index in [2.05, 4.69) is 61.7 Å². The molecular weight excluding hydrogens is 444 g/mol. The van der Waals surface area contributed by atoms with Gasteiger partial charge in [-0.15, -0.1) is 11.3 Å². The van der Waals surface area contributed by atoms with Crippen LogP contribution in [0.2, 0.25) is 5.28 Å². The molecule has 5 rings (SSSR count). The minimum absolute atomic E-state index is 0.314. The van der Waals surface area contributed by atoms with Crippen LogP contribution in [0.4, 0.5) is 5.82 Å². The van der Waals surface area contributed by atoms with E-state index in [4.69, 9.17) is 16.3 Å². The summed E-state index contributed by atoms with van der Waals surface area (Å²) in [5.41, 5.74) is 2.08. The highest BCUT2D eigenvalue weighted by atomic mass is 35.5. The van der Waals surface area contributed by atoms with Crippen LogP contribution in [0.15, 0.2) is 30.5 Å². The molecule has 2 fully saturated rings. The van der Waals surface area contributed by atoms with Gasteiger partial charge < -0.3 is 9.64 Å². The molecule has 7 nitrogen and oxygen atoms in total. The second-order valence-electron chi connectivity index (χ2n) is 8.73. The van der Waals surface area contributed by atoms with Crippen molar-refractivity contribution < 1.29 is 4.74 Å². The minimum Gasteiger partial charge on any atom is -0.378 e. The number of thiophene rings is 1. The number of ether oxygens (including phenoxy) is 1. The topological polar surface area (TPSA) is 57.6 Å². The molecule has 2 saturated heterocycles. The Hall–Kier alpha value is -1.84. The number of rotatable bonds is 5. The summed E-state index contributed by atoms with van der Waals surface area (Å²) >= 11 is 8.06. The summed E-state index contributed by atoms with van der Waals surface area (Å²) in [5, 5.41) is 0.314. The summed E-state index contributed by atoms with van der Waals surface area (Å²) < 4.78 is 6.63. The normalized spacial score (nSPS) is 23.2. The Kier molecular flexibility index (Phi) is 6.57. The Balaban J connectivity index is 1.30. The molecular formula is C23H29ClN6OS. The molecule has 0 amide bonds. The van der Waals surface area contributed by atoms with Gasteiger partial charge in [-0.25, -0.2) is 4.98 Å². The lowest BCUT2D eigenvalue weighted by Crippen LogP contribution is -2.55. The summed E-state index contributed by atoms with van der Waals surface area (Å²) in [7, 11) is 0. The molecule has 5 heterocycles. The number of morpholine rings is 1. The van der Waals surface area contributed by atoms with E-state index in [1.54, 1.807) is 11.3 Å². The van der Waals surface area contributed by atoms with Crippen LogP contribution < -0.4 is 4.90 Å². The Morgan fingerprint density at radius 3 is 2.59 bits per heavy atom. The Morgan fingerprint density at radius 2 is 1.88 bits per heavy atom. The van der Waals surface area contributed by atoms with Crippen LogP contribution in [0, 0.1) is 0 Å². The molecule has 3 aromatic rings. The molecule has 0 saturated carbocycles. The number of anilines is 1. The molecule has 2 aliphatic rings. The van der Waals surface area contributed by atoms with E-state index < -0.39 is 0 Å². The van der Waals surface area contributed by atoms with E-state index in [9.17, 15) is 0 Å². The van der Waals surface area contributed by atoms with Crippen molar-refractivity contribution in [3.63, 3.8) is 0 Å². The zero-order valence-electron chi connectivity index (χ0n) is 18.6. The molecule has 2 aliphatic heterocycles. The smallest absolute Gasteiger partial charge is 0.224 e. The summed E-state index contributed by atoms with van der Waals surface area (Å²) in [6.07, 6.45) is 1.88. The van der Waals surface area contributed by atoms with Gasteiger partial charge in [0.1, 0.15) is 0 Å². The van der Waals surface area contributed by atoms with Crippen LogP contribution in [-0.4, -0.2) is 76.2 Å². The van der Waals surface area contributed by atoms with Gasteiger partial charge in [0.25, 0.3) is 0 Å². The quantitative estimate of drug-likeness (QED) is 0.525. The predicted molar refractivity (Wildman–Crippen MR) is 129 cm³/mol. The van der Waals surface area contributed by atoms with Crippen molar-refractivity contribution in [3.05, 3.63) is 46.3 Å². The highest BCUT2D eigenvalue weighted by molar-refractivity contribution is 7.19. The van der Waals surface area contributed by atoms with Crippen LogP contribution in [0.25, 0.3) is 10.2 Å². The second kappa shape index (κ2) is 9.57. The largest absolute Gasteiger partial charge is 0.378 e. The number of halogens is 1. The van der Waals surface area contributed by atoms with Crippen molar-refractivity contribution in [2.75, 3.05) is 44.3 Å². The van der Waals surface area contributed by atoms with Gasteiger partial charge in [-0.2, -0.15) is 4.98 Å². The lowest BCUT2D eigenvalue weighted by atomic mass is 10.1. The SMILES string of the molecule is CC1CN(Cc2cc3nc(Cl)nc(N4CCOCC4)c3s2)CC(C)N1Cc1ccccn1. The van der Waals surface area contributed by atoms with Crippen molar-refractivity contribution in [1.82, 2.24) is 24.8 Å². The molecule has 0 N–H and O–H groups in total. The predicted octanol–water partition coefficient (Wildman–Crippen LogP) is 3.67. The monoisotopic (exact) mass is 472 g/mol. The first-order chi connectivity index (χ1) is 15.6. The minimum atomic E-state index is 0.314. The number of nitrogens with zero attached hydrogens (tertiary/aromatic N) is 6. The number of pyridine rings is 1. The molecule has 0 radical (unpaired) electrons. The van der Waals surface area contributed by atoms with Gasteiger partial charge in [-0.05, 0) is 43.6 Å². The van der Waals surface area contributed by atoms with Crippen molar-refractivity contribution in [3.8, 4) is 0 Å². The first-order valence-electron chi connectivity index (χ1n) is 11.2. The Morgan fingerprint density at radius 1 is 1.09 bits per heavy atom. The van der Waals surface area contributed by atoms with E-state index in [0.29, 0.717) is 17.4 Å². The van der Waals surface area contributed by atoms with Crippen molar-refractivity contribution in [2.24, 2.45) is 0 Å². The third-order valence-electron chi connectivity index (χ3n) is 6.32. The third-order valence-corrected chi connectivity index (χ3v) is 7.59. The van der Waals surface area contributed by atoms with Gasteiger partial charge in [0.05, 0.1) is 29.1 Å². The lowest BCUT2D eigenvalue weighted by molar-refractivity contribution is 0.0286. The van der Waals surface area contributed by atoms with Gasteiger partial charge in [0, 0.05) is 62.4 Å². The van der Waals surface area contributed by atoms with Gasteiger partial charge in [0.2, 0.25) is 5.28 Å². The molecule has 3 aromatic heterocycles. The summed E-state index contributed by atoms with van der Waals surface area (Å²) in [6, 6.07) is 9.27. The van der Waals surface area contributed by atoms with Gasteiger partial charge >= 0.3 is 0 Å². The molecule has 2 unspecified atom stereocenters. The van der Waals surface area contributed by atoms with Gasteiger partial charge in [-0.1, -0.05) is 6.07 Å². The van der Waals surface area contributed by atoms with Crippen LogP contribution in [-0.2, 0) is 17.8 Å². The fourth-order valence-corrected chi connectivity index (χ4v) is 6.14. The number of aromatic nitrogens is 3. The molecule has 0 aliphatic carbocycles. The van der Waals surface area contributed by atoms with Crippen LogP contribution in [0.1, 0.15) is 24.4 Å². The third kappa shape index (κ3) is 4.75. The molecule has 9 heteroatoms. The maximum absolute atomic E-state index is 6.27. The zero-order chi connectivity index (χ0) is 22.1. The Labute approximate surface area is 198 Å².